The van der Waals surface area contributed by atoms with Crippen molar-refractivity contribution in [1.82, 2.24) is 0 Å². The SMILES string of the molecule is CCCCCCCCCCCCC#CC#CCCCCCCCCC(=O)Oc1ccc(C=O)cc1. The third kappa shape index (κ3) is 19.5. The number of hydrogen-bond acceptors (Lipinski definition) is 3. The molecule has 0 aliphatic carbocycles. The zero-order valence-electron chi connectivity index (χ0n) is 22.0. The highest BCUT2D eigenvalue weighted by molar-refractivity contribution is 5.76. The number of benzene rings is 1. The smallest absolute Gasteiger partial charge is 0.311 e. The summed E-state index contributed by atoms with van der Waals surface area (Å²) < 4.78 is 5.28. The molecule has 0 saturated heterocycles. The first kappa shape index (κ1) is 30.5. The molecule has 0 radical (unpaired) electrons. The van der Waals surface area contributed by atoms with Gasteiger partial charge in [0.25, 0.3) is 0 Å². The molecule has 192 valence electrons. The zero-order chi connectivity index (χ0) is 25.2. The lowest BCUT2D eigenvalue weighted by atomic mass is 10.1. The molecule has 0 heterocycles. The maximum Gasteiger partial charge on any atom is 0.311 e. The molecular weight excluding hydrogens is 432 g/mol. The van der Waals surface area contributed by atoms with Crippen LogP contribution in [0.25, 0.3) is 0 Å². The summed E-state index contributed by atoms with van der Waals surface area (Å²) in [6.07, 6.45) is 23.2. The minimum Gasteiger partial charge on any atom is -0.427 e. The molecule has 0 aromatic heterocycles. The molecule has 3 nitrogen and oxygen atoms in total. The van der Waals surface area contributed by atoms with E-state index in [0.29, 0.717) is 17.7 Å². The number of carbonyl (C=O) groups excluding carboxylic acids is 2. The number of carbonyl (C=O) groups is 2. The Morgan fingerprint density at radius 3 is 1.63 bits per heavy atom. The average Bonchev–Trinajstić information content (AvgIpc) is 2.87. The molecule has 0 aliphatic rings. The highest BCUT2D eigenvalue weighted by Gasteiger charge is 2.04. The molecule has 0 spiro atoms. The van der Waals surface area contributed by atoms with Gasteiger partial charge in [-0.25, -0.2) is 0 Å². The van der Waals surface area contributed by atoms with Crippen molar-refractivity contribution in [2.45, 2.75) is 129 Å². The van der Waals surface area contributed by atoms with Crippen LogP contribution in [-0.2, 0) is 4.79 Å². The first-order valence-corrected chi connectivity index (χ1v) is 14.0. The van der Waals surface area contributed by atoms with Crippen molar-refractivity contribution in [3.05, 3.63) is 29.8 Å². The van der Waals surface area contributed by atoms with E-state index in [4.69, 9.17) is 4.74 Å². The summed E-state index contributed by atoms with van der Waals surface area (Å²) in [6.45, 7) is 2.27. The van der Waals surface area contributed by atoms with Gasteiger partial charge in [0.05, 0.1) is 0 Å². The van der Waals surface area contributed by atoms with Crippen molar-refractivity contribution in [3.63, 3.8) is 0 Å². The van der Waals surface area contributed by atoms with Crippen LogP contribution in [-0.4, -0.2) is 12.3 Å². The Hall–Kier alpha value is -2.52. The van der Waals surface area contributed by atoms with Gasteiger partial charge in [0, 0.05) is 24.8 Å². The predicted molar refractivity (Wildman–Crippen MR) is 146 cm³/mol. The molecule has 1 aromatic carbocycles. The zero-order valence-corrected chi connectivity index (χ0v) is 22.0. The lowest BCUT2D eigenvalue weighted by Crippen LogP contribution is -2.07. The number of aldehydes is 1. The van der Waals surface area contributed by atoms with E-state index >= 15 is 0 Å². The summed E-state index contributed by atoms with van der Waals surface area (Å²) in [7, 11) is 0. The monoisotopic (exact) mass is 478 g/mol. The lowest BCUT2D eigenvalue weighted by Gasteiger charge is -2.04. The van der Waals surface area contributed by atoms with Gasteiger partial charge in [0.2, 0.25) is 0 Å². The lowest BCUT2D eigenvalue weighted by molar-refractivity contribution is -0.134. The number of esters is 1. The van der Waals surface area contributed by atoms with Crippen molar-refractivity contribution in [2.24, 2.45) is 0 Å². The Balaban J connectivity index is 1.86. The van der Waals surface area contributed by atoms with Crippen LogP contribution >= 0.6 is 0 Å². The fourth-order valence-corrected chi connectivity index (χ4v) is 3.90. The third-order valence-corrected chi connectivity index (χ3v) is 6.08. The average molecular weight is 479 g/mol. The van der Waals surface area contributed by atoms with Gasteiger partial charge in [-0.3, -0.25) is 9.59 Å². The van der Waals surface area contributed by atoms with Crippen LogP contribution in [0.2, 0.25) is 0 Å². The first-order chi connectivity index (χ1) is 17.3. The number of rotatable bonds is 20. The second kappa shape index (κ2) is 23.2. The number of hydrogen-bond donors (Lipinski definition) is 0. The Bertz CT molecular complexity index is 786. The van der Waals surface area contributed by atoms with E-state index in [9.17, 15) is 9.59 Å². The van der Waals surface area contributed by atoms with Crippen LogP contribution < -0.4 is 4.74 Å². The molecule has 0 unspecified atom stereocenters. The molecule has 35 heavy (non-hydrogen) atoms. The van der Waals surface area contributed by atoms with Gasteiger partial charge in [-0.15, -0.1) is 0 Å². The summed E-state index contributed by atoms with van der Waals surface area (Å²) in [5.41, 5.74) is 0.572. The fraction of sp³-hybridized carbons (Fsp3) is 0.625. The van der Waals surface area contributed by atoms with Crippen LogP contribution in [0.3, 0.4) is 0 Å². The summed E-state index contributed by atoms with van der Waals surface area (Å²) in [4.78, 5) is 22.5. The first-order valence-electron chi connectivity index (χ1n) is 14.0. The number of ether oxygens (including phenoxy) is 1. The molecule has 0 N–H and O–H groups in total. The maximum atomic E-state index is 11.9. The van der Waals surface area contributed by atoms with E-state index in [1.807, 2.05) is 0 Å². The normalized spacial score (nSPS) is 10.1. The molecular formula is C32H46O3. The van der Waals surface area contributed by atoms with E-state index < -0.39 is 0 Å². The van der Waals surface area contributed by atoms with Crippen molar-refractivity contribution in [1.29, 1.82) is 0 Å². The highest BCUT2D eigenvalue weighted by Crippen LogP contribution is 2.14. The van der Waals surface area contributed by atoms with Gasteiger partial charge in [0.1, 0.15) is 12.0 Å². The minimum atomic E-state index is -0.214. The van der Waals surface area contributed by atoms with E-state index in [1.165, 1.54) is 77.0 Å². The second-order valence-corrected chi connectivity index (χ2v) is 9.32. The molecule has 1 aromatic rings. The van der Waals surface area contributed by atoms with Crippen molar-refractivity contribution >= 4 is 12.3 Å². The Kier molecular flexibility index (Phi) is 20.3. The minimum absolute atomic E-state index is 0.214. The van der Waals surface area contributed by atoms with Crippen LogP contribution in [0, 0.1) is 23.7 Å². The molecule has 0 fully saturated rings. The molecule has 0 atom stereocenters. The van der Waals surface area contributed by atoms with Gasteiger partial charge in [0.15, 0.2) is 0 Å². The summed E-state index contributed by atoms with van der Waals surface area (Å²) in [6, 6.07) is 6.58. The molecule has 0 bridgehead atoms. The molecule has 0 saturated carbocycles. The van der Waals surface area contributed by atoms with Gasteiger partial charge in [-0.05, 0) is 55.4 Å². The van der Waals surface area contributed by atoms with E-state index in [2.05, 4.69) is 30.6 Å². The van der Waals surface area contributed by atoms with E-state index in [1.54, 1.807) is 24.3 Å². The number of unbranched alkanes of at least 4 members (excludes halogenated alkanes) is 16. The van der Waals surface area contributed by atoms with Gasteiger partial charge >= 0.3 is 5.97 Å². The van der Waals surface area contributed by atoms with Crippen molar-refractivity contribution < 1.29 is 14.3 Å². The standard InChI is InChI=1S/C32H46O3/c1-2-3-4-5-6-7-8-9-10-11-12-13-14-15-16-17-18-19-20-21-22-23-24-32(34)35-31-27-25-30(29-33)26-28-31/h25-29H,2-12,17-24H2,1H3. The Labute approximate surface area is 214 Å². The summed E-state index contributed by atoms with van der Waals surface area (Å²) in [5.74, 6) is 12.6. The second-order valence-electron chi connectivity index (χ2n) is 9.32. The van der Waals surface area contributed by atoms with Crippen LogP contribution in [0.1, 0.15) is 139 Å². The molecule has 0 amide bonds. The van der Waals surface area contributed by atoms with Gasteiger partial charge < -0.3 is 4.74 Å². The third-order valence-electron chi connectivity index (χ3n) is 6.08. The largest absolute Gasteiger partial charge is 0.427 e. The van der Waals surface area contributed by atoms with Crippen molar-refractivity contribution in [3.8, 4) is 29.4 Å². The van der Waals surface area contributed by atoms with E-state index in [-0.39, 0.29) is 5.97 Å². The summed E-state index contributed by atoms with van der Waals surface area (Å²) >= 11 is 0. The van der Waals surface area contributed by atoms with Crippen LogP contribution in [0.4, 0.5) is 0 Å². The van der Waals surface area contributed by atoms with Crippen LogP contribution in [0.15, 0.2) is 24.3 Å². The van der Waals surface area contributed by atoms with Gasteiger partial charge in [-0.1, -0.05) is 102 Å². The fourth-order valence-electron chi connectivity index (χ4n) is 3.90. The Morgan fingerprint density at radius 1 is 0.686 bits per heavy atom. The highest BCUT2D eigenvalue weighted by atomic mass is 16.5. The predicted octanol–water partition coefficient (Wildman–Crippen LogP) is 8.84. The molecule has 1 rings (SSSR count). The van der Waals surface area contributed by atoms with Crippen molar-refractivity contribution in [2.75, 3.05) is 0 Å². The Morgan fingerprint density at radius 2 is 1.14 bits per heavy atom. The maximum absolute atomic E-state index is 11.9. The molecule has 3 heteroatoms. The quantitative estimate of drug-likeness (QED) is 0.0618. The van der Waals surface area contributed by atoms with Crippen LogP contribution in [0.5, 0.6) is 5.75 Å². The topological polar surface area (TPSA) is 43.4 Å². The summed E-state index contributed by atoms with van der Waals surface area (Å²) in [5, 5.41) is 0. The van der Waals surface area contributed by atoms with Gasteiger partial charge in [-0.2, -0.15) is 0 Å². The molecule has 0 aliphatic heterocycles. The van der Waals surface area contributed by atoms with E-state index in [0.717, 1.165) is 44.8 Å².